The Balaban J connectivity index is 1.53. The molecular formula is C23H28FN3O2S. The number of amides is 1. The number of hydrogen-bond donors (Lipinski definition) is 2. The molecule has 1 fully saturated rings. The standard InChI is InChI=1S/C23H28FN3O2S/c1-2-3-15-29-19-10-7-17(8-11-19)22(28)26-23(30)25-18-9-12-21(20(24)16-18)27-13-5-4-6-14-27/h7-12,16H,2-6,13-15H2,1H3,(H2,25,26,28,30). The average Bonchev–Trinajstić information content (AvgIpc) is 2.75. The van der Waals surface area contributed by atoms with Gasteiger partial charge in [0.25, 0.3) is 5.91 Å². The molecule has 1 saturated heterocycles. The summed E-state index contributed by atoms with van der Waals surface area (Å²) in [6.45, 7) is 4.51. The van der Waals surface area contributed by atoms with Crippen LogP contribution in [0.5, 0.6) is 5.75 Å². The summed E-state index contributed by atoms with van der Waals surface area (Å²) in [5.41, 5.74) is 1.57. The average molecular weight is 430 g/mol. The molecule has 3 rings (SSSR count). The van der Waals surface area contributed by atoms with Gasteiger partial charge < -0.3 is 15.0 Å². The highest BCUT2D eigenvalue weighted by molar-refractivity contribution is 7.80. The van der Waals surface area contributed by atoms with Crippen LogP contribution in [-0.2, 0) is 0 Å². The summed E-state index contributed by atoms with van der Waals surface area (Å²) in [5, 5.41) is 5.62. The van der Waals surface area contributed by atoms with Crippen molar-refractivity contribution in [2.45, 2.75) is 39.0 Å². The van der Waals surface area contributed by atoms with E-state index in [0.29, 0.717) is 23.5 Å². The number of piperidine rings is 1. The summed E-state index contributed by atoms with van der Waals surface area (Å²) < 4.78 is 20.1. The maximum atomic E-state index is 14.5. The van der Waals surface area contributed by atoms with Crippen LogP contribution in [0.1, 0.15) is 49.4 Å². The molecule has 160 valence electrons. The van der Waals surface area contributed by atoms with Crippen LogP contribution >= 0.6 is 12.2 Å². The topological polar surface area (TPSA) is 53.6 Å². The van der Waals surface area contributed by atoms with E-state index in [2.05, 4.69) is 22.5 Å². The lowest BCUT2D eigenvalue weighted by Crippen LogP contribution is -2.34. The van der Waals surface area contributed by atoms with Gasteiger partial charge in [-0.15, -0.1) is 0 Å². The molecular weight excluding hydrogens is 401 g/mol. The number of unbranched alkanes of at least 4 members (excludes halogenated alkanes) is 1. The molecule has 0 atom stereocenters. The number of nitrogens with one attached hydrogen (secondary N) is 2. The van der Waals surface area contributed by atoms with Gasteiger partial charge in [0.2, 0.25) is 0 Å². The highest BCUT2D eigenvalue weighted by Crippen LogP contribution is 2.25. The van der Waals surface area contributed by atoms with Crippen molar-refractivity contribution < 1.29 is 13.9 Å². The SMILES string of the molecule is CCCCOc1ccc(C(=O)NC(=S)Nc2ccc(N3CCCCC3)c(F)c2)cc1. The predicted octanol–water partition coefficient (Wildman–Crippen LogP) is 5.12. The number of carbonyl (C=O) groups excluding carboxylic acids is 1. The molecule has 2 aromatic rings. The van der Waals surface area contributed by atoms with E-state index >= 15 is 0 Å². The molecule has 0 bridgehead atoms. The summed E-state index contributed by atoms with van der Waals surface area (Å²) in [7, 11) is 0. The fourth-order valence-corrected chi connectivity index (χ4v) is 3.56. The smallest absolute Gasteiger partial charge is 0.257 e. The molecule has 2 N–H and O–H groups in total. The summed E-state index contributed by atoms with van der Waals surface area (Å²) >= 11 is 5.21. The Hall–Kier alpha value is -2.67. The first kappa shape index (κ1) is 22.0. The maximum absolute atomic E-state index is 14.5. The van der Waals surface area contributed by atoms with Crippen LogP contribution in [0.15, 0.2) is 42.5 Å². The number of carbonyl (C=O) groups is 1. The maximum Gasteiger partial charge on any atom is 0.257 e. The Morgan fingerprint density at radius 2 is 1.87 bits per heavy atom. The Morgan fingerprint density at radius 1 is 1.13 bits per heavy atom. The molecule has 7 heteroatoms. The van der Waals surface area contributed by atoms with Gasteiger partial charge >= 0.3 is 0 Å². The van der Waals surface area contributed by atoms with Gasteiger partial charge in [-0.05, 0) is 80.4 Å². The number of benzene rings is 2. The van der Waals surface area contributed by atoms with Gasteiger partial charge in [0.05, 0.1) is 12.3 Å². The van der Waals surface area contributed by atoms with Crippen molar-refractivity contribution in [1.29, 1.82) is 0 Å². The van der Waals surface area contributed by atoms with E-state index in [4.69, 9.17) is 17.0 Å². The first-order valence-corrected chi connectivity index (χ1v) is 10.9. The summed E-state index contributed by atoms with van der Waals surface area (Å²) in [5.74, 6) is 0.0951. The zero-order valence-corrected chi connectivity index (χ0v) is 18.1. The van der Waals surface area contributed by atoms with Gasteiger partial charge in [0.15, 0.2) is 5.11 Å². The third-order valence-corrected chi connectivity index (χ3v) is 5.22. The van der Waals surface area contributed by atoms with Gasteiger partial charge in [-0.25, -0.2) is 4.39 Å². The quantitative estimate of drug-likeness (QED) is 0.473. The molecule has 0 unspecified atom stereocenters. The van der Waals surface area contributed by atoms with Crippen LogP contribution in [0, 0.1) is 5.82 Å². The highest BCUT2D eigenvalue weighted by atomic mass is 32.1. The van der Waals surface area contributed by atoms with Crippen LogP contribution in [0.2, 0.25) is 0 Å². The number of anilines is 2. The molecule has 0 aromatic heterocycles. The number of hydrogen-bond acceptors (Lipinski definition) is 4. The van der Waals surface area contributed by atoms with Crippen molar-refractivity contribution in [3.8, 4) is 5.75 Å². The largest absolute Gasteiger partial charge is 0.494 e. The first-order chi connectivity index (χ1) is 14.6. The third kappa shape index (κ3) is 6.16. The van der Waals surface area contributed by atoms with Crippen molar-refractivity contribution in [2.75, 3.05) is 29.9 Å². The fourth-order valence-electron chi connectivity index (χ4n) is 3.35. The first-order valence-electron chi connectivity index (χ1n) is 10.5. The number of halogens is 1. The summed E-state index contributed by atoms with van der Waals surface area (Å²) in [6.07, 6.45) is 5.42. The van der Waals surface area contributed by atoms with E-state index in [1.54, 1.807) is 36.4 Å². The lowest BCUT2D eigenvalue weighted by atomic mass is 10.1. The number of thiocarbonyl (C=S) groups is 1. The van der Waals surface area contributed by atoms with Crippen LogP contribution in [-0.4, -0.2) is 30.7 Å². The molecule has 30 heavy (non-hydrogen) atoms. The molecule has 0 spiro atoms. The molecule has 1 aliphatic rings. The van der Waals surface area contributed by atoms with Crippen molar-refractivity contribution in [1.82, 2.24) is 5.32 Å². The van der Waals surface area contributed by atoms with Crippen LogP contribution < -0.4 is 20.3 Å². The molecule has 2 aromatic carbocycles. The van der Waals surface area contributed by atoms with E-state index in [1.807, 2.05) is 0 Å². The normalized spacial score (nSPS) is 13.6. The van der Waals surface area contributed by atoms with E-state index in [-0.39, 0.29) is 16.8 Å². The van der Waals surface area contributed by atoms with Crippen molar-refractivity contribution in [3.05, 3.63) is 53.8 Å². The Morgan fingerprint density at radius 3 is 2.53 bits per heavy atom. The zero-order valence-electron chi connectivity index (χ0n) is 17.2. The van der Waals surface area contributed by atoms with E-state index in [1.165, 1.54) is 12.5 Å². The second-order valence-corrected chi connectivity index (χ2v) is 7.76. The van der Waals surface area contributed by atoms with Crippen LogP contribution in [0.4, 0.5) is 15.8 Å². The lowest BCUT2D eigenvalue weighted by molar-refractivity contribution is 0.0977. The molecule has 0 radical (unpaired) electrons. The Kier molecular flexibility index (Phi) is 8.02. The van der Waals surface area contributed by atoms with Crippen molar-refractivity contribution in [2.24, 2.45) is 0 Å². The third-order valence-electron chi connectivity index (χ3n) is 5.01. The summed E-state index contributed by atoms with van der Waals surface area (Å²) in [4.78, 5) is 14.5. The highest BCUT2D eigenvalue weighted by Gasteiger charge is 2.15. The van der Waals surface area contributed by atoms with E-state index in [0.717, 1.165) is 44.5 Å². The summed E-state index contributed by atoms with van der Waals surface area (Å²) in [6, 6.07) is 11.8. The lowest BCUT2D eigenvalue weighted by Gasteiger charge is -2.29. The van der Waals surface area contributed by atoms with Gasteiger partial charge in [-0.1, -0.05) is 13.3 Å². The monoisotopic (exact) mass is 429 g/mol. The fraction of sp³-hybridized carbons (Fsp3) is 0.391. The number of nitrogens with zero attached hydrogens (tertiary/aromatic N) is 1. The Labute approximate surface area is 182 Å². The van der Waals surface area contributed by atoms with Gasteiger partial charge in [-0.3, -0.25) is 10.1 Å². The van der Waals surface area contributed by atoms with Crippen molar-refractivity contribution in [3.63, 3.8) is 0 Å². The van der Waals surface area contributed by atoms with E-state index < -0.39 is 0 Å². The van der Waals surface area contributed by atoms with Crippen LogP contribution in [0.25, 0.3) is 0 Å². The predicted molar refractivity (Wildman–Crippen MR) is 123 cm³/mol. The van der Waals surface area contributed by atoms with Gasteiger partial charge in [0, 0.05) is 24.3 Å². The molecule has 1 amide bonds. The second-order valence-electron chi connectivity index (χ2n) is 7.35. The molecule has 1 aliphatic heterocycles. The van der Waals surface area contributed by atoms with E-state index in [9.17, 15) is 9.18 Å². The minimum atomic E-state index is -0.335. The number of ether oxygens (including phenoxy) is 1. The molecule has 5 nitrogen and oxygen atoms in total. The molecule has 0 saturated carbocycles. The second kappa shape index (κ2) is 10.9. The van der Waals surface area contributed by atoms with Crippen molar-refractivity contribution >= 4 is 34.6 Å². The molecule has 1 heterocycles. The number of rotatable bonds is 7. The minimum Gasteiger partial charge on any atom is -0.494 e. The molecule has 0 aliphatic carbocycles. The zero-order chi connectivity index (χ0) is 21.3. The Bertz CT molecular complexity index is 867. The van der Waals surface area contributed by atoms with Gasteiger partial charge in [0.1, 0.15) is 11.6 Å². The van der Waals surface area contributed by atoms with Gasteiger partial charge in [-0.2, -0.15) is 0 Å². The van der Waals surface area contributed by atoms with Crippen LogP contribution in [0.3, 0.4) is 0 Å². The minimum absolute atomic E-state index is 0.119.